The summed E-state index contributed by atoms with van der Waals surface area (Å²) in [4.78, 5) is 11.0. The fourth-order valence-electron chi connectivity index (χ4n) is 1.37. The maximum Gasteiger partial charge on any atom is 0.335 e. The van der Waals surface area contributed by atoms with Crippen molar-refractivity contribution in [1.82, 2.24) is 0 Å². The first-order valence-corrected chi connectivity index (χ1v) is 3.43. The first-order chi connectivity index (χ1) is 5.33. The summed E-state index contributed by atoms with van der Waals surface area (Å²) in [5.41, 5.74) is 0. The number of carbonyl (C=O) groups excluding carboxylic acids is 1. The lowest BCUT2D eigenvalue weighted by atomic mass is 10.0. The Kier molecular flexibility index (Phi) is 1.38. The van der Waals surface area contributed by atoms with Crippen molar-refractivity contribution in [3.05, 3.63) is 0 Å². The first kappa shape index (κ1) is 6.72. The van der Waals surface area contributed by atoms with E-state index in [0.29, 0.717) is 6.54 Å². The molecule has 5 nitrogen and oxygen atoms in total. The zero-order valence-corrected chi connectivity index (χ0v) is 6.06. The molecule has 0 amide bonds. The SMILES string of the molecule is COC1OC(=O)C2N=NCC12. The Morgan fingerprint density at radius 1 is 1.73 bits per heavy atom. The maximum atomic E-state index is 11.0. The van der Waals surface area contributed by atoms with Gasteiger partial charge in [0, 0.05) is 7.11 Å². The van der Waals surface area contributed by atoms with Crippen molar-refractivity contribution >= 4 is 5.97 Å². The van der Waals surface area contributed by atoms with Gasteiger partial charge >= 0.3 is 5.97 Å². The van der Waals surface area contributed by atoms with Crippen LogP contribution in [0.1, 0.15) is 0 Å². The zero-order valence-electron chi connectivity index (χ0n) is 6.06. The number of rotatable bonds is 1. The molecule has 0 aliphatic carbocycles. The second-order valence-electron chi connectivity index (χ2n) is 2.59. The van der Waals surface area contributed by atoms with Crippen molar-refractivity contribution in [3.8, 4) is 0 Å². The minimum atomic E-state index is -0.442. The summed E-state index contributed by atoms with van der Waals surface area (Å²) in [6.45, 7) is 0.537. The van der Waals surface area contributed by atoms with E-state index in [1.54, 1.807) is 0 Å². The van der Waals surface area contributed by atoms with Gasteiger partial charge in [0.25, 0.3) is 0 Å². The summed E-state index contributed by atoms with van der Waals surface area (Å²) in [5.74, 6) is -0.310. The van der Waals surface area contributed by atoms with Crippen LogP contribution in [0.4, 0.5) is 0 Å². The molecule has 2 rings (SSSR count). The van der Waals surface area contributed by atoms with Gasteiger partial charge in [-0.25, -0.2) is 4.79 Å². The van der Waals surface area contributed by atoms with E-state index in [9.17, 15) is 4.79 Å². The van der Waals surface area contributed by atoms with Crippen LogP contribution in [-0.4, -0.2) is 32.0 Å². The molecule has 0 spiro atoms. The van der Waals surface area contributed by atoms with Crippen LogP contribution in [0.25, 0.3) is 0 Å². The number of hydrogen-bond acceptors (Lipinski definition) is 5. The Labute approximate surface area is 63.4 Å². The quantitative estimate of drug-likeness (QED) is 0.501. The molecule has 3 atom stereocenters. The lowest BCUT2D eigenvalue weighted by Gasteiger charge is -2.10. The van der Waals surface area contributed by atoms with Crippen LogP contribution < -0.4 is 0 Å². The normalized spacial score (nSPS) is 40.8. The Hall–Kier alpha value is -0.970. The van der Waals surface area contributed by atoms with Crippen molar-refractivity contribution < 1.29 is 14.3 Å². The third kappa shape index (κ3) is 0.841. The molecule has 2 heterocycles. The van der Waals surface area contributed by atoms with Crippen molar-refractivity contribution in [1.29, 1.82) is 0 Å². The lowest BCUT2D eigenvalue weighted by molar-refractivity contribution is -0.161. The highest BCUT2D eigenvalue weighted by atomic mass is 16.7. The molecule has 5 heteroatoms. The molecular formula is C6H8N2O3. The number of hydrogen-bond donors (Lipinski definition) is 0. The van der Waals surface area contributed by atoms with Crippen LogP contribution in [0, 0.1) is 5.92 Å². The predicted molar refractivity (Wildman–Crippen MR) is 33.9 cm³/mol. The van der Waals surface area contributed by atoms with Gasteiger partial charge in [0.15, 0.2) is 6.04 Å². The molecule has 0 aromatic heterocycles. The highest BCUT2D eigenvalue weighted by Crippen LogP contribution is 2.30. The molecule has 0 radical (unpaired) electrons. The van der Waals surface area contributed by atoms with Gasteiger partial charge in [-0.05, 0) is 0 Å². The Bertz CT molecular complexity index is 216. The number of nitrogens with zero attached hydrogens (tertiary/aromatic N) is 2. The van der Waals surface area contributed by atoms with Crippen LogP contribution in [0.2, 0.25) is 0 Å². The maximum absolute atomic E-state index is 11.0. The Balaban J connectivity index is 2.18. The van der Waals surface area contributed by atoms with Crippen molar-refractivity contribution in [2.45, 2.75) is 12.3 Å². The second-order valence-corrected chi connectivity index (χ2v) is 2.59. The van der Waals surface area contributed by atoms with Gasteiger partial charge in [0.05, 0.1) is 12.5 Å². The second kappa shape index (κ2) is 2.27. The largest absolute Gasteiger partial charge is 0.434 e. The highest BCUT2D eigenvalue weighted by Gasteiger charge is 2.47. The lowest BCUT2D eigenvalue weighted by Crippen LogP contribution is -2.23. The van der Waals surface area contributed by atoms with Gasteiger partial charge < -0.3 is 9.47 Å². The molecule has 0 aromatic rings. The van der Waals surface area contributed by atoms with Gasteiger partial charge in [-0.15, -0.1) is 0 Å². The summed E-state index contributed by atoms with van der Waals surface area (Å²) in [6.07, 6.45) is -0.442. The number of methoxy groups -OCH3 is 1. The van der Waals surface area contributed by atoms with Crippen LogP contribution >= 0.6 is 0 Å². The molecule has 0 bridgehead atoms. The van der Waals surface area contributed by atoms with E-state index in [1.807, 2.05) is 0 Å². The third-order valence-corrected chi connectivity index (χ3v) is 1.96. The number of carbonyl (C=O) groups is 1. The van der Waals surface area contributed by atoms with Crippen molar-refractivity contribution in [3.63, 3.8) is 0 Å². The van der Waals surface area contributed by atoms with E-state index < -0.39 is 12.3 Å². The molecule has 3 unspecified atom stereocenters. The smallest absolute Gasteiger partial charge is 0.335 e. The van der Waals surface area contributed by atoms with E-state index in [0.717, 1.165) is 0 Å². The summed E-state index contributed by atoms with van der Waals surface area (Å²) in [6, 6.07) is -0.403. The Morgan fingerprint density at radius 2 is 2.55 bits per heavy atom. The minimum Gasteiger partial charge on any atom is -0.434 e. The van der Waals surface area contributed by atoms with E-state index in [1.165, 1.54) is 7.11 Å². The zero-order chi connectivity index (χ0) is 7.84. The average molecular weight is 156 g/mol. The molecule has 11 heavy (non-hydrogen) atoms. The molecule has 2 aliphatic rings. The van der Waals surface area contributed by atoms with Gasteiger partial charge in [0.2, 0.25) is 6.29 Å². The Morgan fingerprint density at radius 3 is 3.27 bits per heavy atom. The van der Waals surface area contributed by atoms with E-state index >= 15 is 0 Å². The average Bonchev–Trinajstić information content (AvgIpc) is 2.54. The number of ether oxygens (including phenoxy) is 2. The molecule has 1 saturated heterocycles. The van der Waals surface area contributed by atoms with Crippen molar-refractivity contribution in [2.75, 3.05) is 13.7 Å². The van der Waals surface area contributed by atoms with Crippen LogP contribution in [0.15, 0.2) is 10.2 Å². The summed E-state index contributed by atoms with van der Waals surface area (Å²) in [5, 5.41) is 7.51. The summed E-state index contributed by atoms with van der Waals surface area (Å²) >= 11 is 0. The van der Waals surface area contributed by atoms with Crippen LogP contribution in [-0.2, 0) is 14.3 Å². The number of esters is 1. The van der Waals surface area contributed by atoms with Gasteiger partial charge in [-0.3, -0.25) is 0 Å². The van der Waals surface area contributed by atoms with Crippen molar-refractivity contribution in [2.24, 2.45) is 16.1 Å². The van der Waals surface area contributed by atoms with Gasteiger partial charge in [-0.1, -0.05) is 0 Å². The van der Waals surface area contributed by atoms with Crippen LogP contribution in [0.5, 0.6) is 0 Å². The van der Waals surface area contributed by atoms with Gasteiger partial charge in [-0.2, -0.15) is 10.2 Å². The minimum absolute atomic E-state index is 0.00694. The first-order valence-electron chi connectivity index (χ1n) is 3.43. The molecule has 1 fully saturated rings. The van der Waals surface area contributed by atoms with E-state index in [4.69, 9.17) is 9.47 Å². The summed E-state index contributed by atoms with van der Waals surface area (Å²) < 4.78 is 9.80. The highest BCUT2D eigenvalue weighted by molar-refractivity contribution is 5.78. The fourth-order valence-corrected chi connectivity index (χ4v) is 1.37. The predicted octanol–water partition coefficient (Wildman–Crippen LogP) is -0.0337. The number of fused-ring (bicyclic) bond motifs is 1. The molecule has 0 N–H and O–H groups in total. The fraction of sp³-hybridized carbons (Fsp3) is 0.833. The summed E-state index contributed by atoms with van der Waals surface area (Å²) in [7, 11) is 1.51. The molecule has 2 aliphatic heterocycles. The van der Waals surface area contributed by atoms with E-state index in [2.05, 4.69) is 10.2 Å². The topological polar surface area (TPSA) is 60.2 Å². The molecular weight excluding hydrogens is 148 g/mol. The molecule has 0 saturated carbocycles. The number of azo groups is 1. The molecule has 60 valence electrons. The van der Waals surface area contributed by atoms with Gasteiger partial charge in [0.1, 0.15) is 0 Å². The molecule has 0 aromatic carbocycles. The standard InChI is InChI=1S/C6H8N2O3/c1-10-6-3-2-7-8-4(3)5(9)11-6/h3-4,6H,2H2,1H3. The van der Waals surface area contributed by atoms with E-state index in [-0.39, 0.29) is 11.9 Å². The third-order valence-electron chi connectivity index (χ3n) is 1.96. The number of cyclic esters (lactones) is 1. The monoisotopic (exact) mass is 156 g/mol. The van der Waals surface area contributed by atoms with Crippen LogP contribution in [0.3, 0.4) is 0 Å².